The van der Waals surface area contributed by atoms with E-state index in [0.717, 1.165) is 52.5 Å². The van der Waals surface area contributed by atoms with Crippen LogP contribution in [0.15, 0.2) is 72.5 Å². The Kier molecular flexibility index (Phi) is 5.51. The van der Waals surface area contributed by atoms with Crippen LogP contribution in [0.1, 0.15) is 47.8 Å². The Morgan fingerprint density at radius 1 is 1.09 bits per heavy atom. The fourth-order valence-electron chi connectivity index (χ4n) is 5.96. The van der Waals surface area contributed by atoms with Crippen molar-refractivity contribution in [1.82, 2.24) is 10.2 Å². The normalized spacial score (nSPS) is 24.5. The molecule has 0 radical (unpaired) electrons. The maximum atomic E-state index is 13.8. The smallest absolute Gasteiger partial charge is 0.255 e. The second-order valence-corrected chi connectivity index (χ2v) is 9.28. The van der Waals surface area contributed by atoms with Crippen LogP contribution >= 0.6 is 0 Å². The summed E-state index contributed by atoms with van der Waals surface area (Å²) in [6, 6.07) is 12.4. The molecule has 0 saturated carbocycles. The molecule has 1 amide bonds. The van der Waals surface area contributed by atoms with E-state index in [-0.39, 0.29) is 17.9 Å². The number of fused-ring (bicyclic) bond motifs is 6. The van der Waals surface area contributed by atoms with E-state index in [0.29, 0.717) is 6.54 Å². The third-order valence-electron chi connectivity index (χ3n) is 7.31. The van der Waals surface area contributed by atoms with Gasteiger partial charge >= 0.3 is 0 Å². The van der Waals surface area contributed by atoms with Crippen molar-refractivity contribution in [3.8, 4) is 5.75 Å². The van der Waals surface area contributed by atoms with Crippen molar-refractivity contribution < 1.29 is 9.53 Å². The van der Waals surface area contributed by atoms with Crippen LogP contribution in [0.25, 0.3) is 0 Å². The molecule has 3 atom stereocenters. The molecule has 2 heterocycles. The fraction of sp³-hybridized carbons (Fsp3) is 0.345. The van der Waals surface area contributed by atoms with Gasteiger partial charge in [0.25, 0.3) is 5.91 Å². The van der Waals surface area contributed by atoms with Gasteiger partial charge < -0.3 is 20.3 Å². The van der Waals surface area contributed by atoms with Crippen LogP contribution in [0.3, 0.4) is 0 Å². The molecular weight excluding hydrogens is 422 g/mol. The second kappa shape index (κ2) is 8.39. The highest BCUT2D eigenvalue weighted by Crippen LogP contribution is 2.58. The first-order chi connectivity index (χ1) is 16.5. The van der Waals surface area contributed by atoms with Crippen molar-refractivity contribution in [3.63, 3.8) is 0 Å². The molecule has 2 aromatic rings. The summed E-state index contributed by atoms with van der Waals surface area (Å²) < 4.78 is 6.70. The van der Waals surface area contributed by atoms with Gasteiger partial charge in [0.15, 0.2) is 0 Å². The number of carbonyl (C=O) groups is 1. The summed E-state index contributed by atoms with van der Waals surface area (Å²) >= 11 is 0. The van der Waals surface area contributed by atoms with Gasteiger partial charge in [0.1, 0.15) is 17.4 Å². The average Bonchev–Trinajstić information content (AvgIpc) is 3.06. The zero-order valence-electron chi connectivity index (χ0n) is 20.4. The lowest BCUT2D eigenvalue weighted by Gasteiger charge is -2.51. The number of anilines is 1. The Balaban J connectivity index is 1.84. The Bertz CT molecular complexity index is 1230. The van der Waals surface area contributed by atoms with Crippen molar-refractivity contribution in [2.45, 2.75) is 39.3 Å². The minimum absolute atomic E-state index is 0.0445. The zero-order valence-corrected chi connectivity index (χ0v) is 20.4. The SMILES string of the molecule is C=CCN1C(=O)c2ccccc2C12c1cc(C)c(NCC)cc1OC1C=C(NCC)C(C)=CC12. The predicted octanol–water partition coefficient (Wildman–Crippen LogP) is 5.14. The summed E-state index contributed by atoms with van der Waals surface area (Å²) in [5.74, 6) is 0.795. The summed E-state index contributed by atoms with van der Waals surface area (Å²) in [6.45, 7) is 14.6. The number of benzene rings is 2. The fourth-order valence-corrected chi connectivity index (χ4v) is 5.96. The molecule has 1 aliphatic carbocycles. The third kappa shape index (κ3) is 3.03. The summed E-state index contributed by atoms with van der Waals surface area (Å²) in [4.78, 5) is 15.8. The Morgan fingerprint density at radius 3 is 2.59 bits per heavy atom. The lowest BCUT2D eigenvalue weighted by Crippen LogP contribution is -2.57. The molecule has 3 aliphatic rings. The average molecular weight is 456 g/mol. The van der Waals surface area contributed by atoms with E-state index in [2.05, 4.69) is 75.3 Å². The molecule has 1 spiro atoms. The standard InChI is InChI=1S/C29H33N3O2/c1-6-13-32-28(33)20-11-9-10-12-21(20)29(32)22-14-18(4)24(30-7-2)16-26(22)34-27-17-25(31-8-3)19(5)15-23(27)29/h6,9-12,14-17,22,26,30-31H,1,7-8,13H2,2-5H3. The van der Waals surface area contributed by atoms with Crippen molar-refractivity contribution in [2.75, 3.05) is 25.0 Å². The number of carbonyl (C=O) groups excluding carboxylic acids is 1. The van der Waals surface area contributed by atoms with Crippen molar-refractivity contribution in [2.24, 2.45) is 5.92 Å². The van der Waals surface area contributed by atoms with Crippen molar-refractivity contribution in [1.29, 1.82) is 0 Å². The number of allylic oxidation sites excluding steroid dienone is 1. The number of rotatable bonds is 6. The molecule has 2 aliphatic heterocycles. The number of likely N-dealkylation sites (N-methyl/N-ethyl adjacent to an activating group) is 1. The topological polar surface area (TPSA) is 53.6 Å². The van der Waals surface area contributed by atoms with Gasteiger partial charge in [-0.3, -0.25) is 4.79 Å². The highest BCUT2D eigenvalue weighted by molar-refractivity contribution is 6.01. The van der Waals surface area contributed by atoms with E-state index in [1.165, 1.54) is 5.57 Å². The first-order valence-electron chi connectivity index (χ1n) is 12.2. The van der Waals surface area contributed by atoms with E-state index in [4.69, 9.17) is 4.74 Å². The highest BCUT2D eigenvalue weighted by atomic mass is 16.5. The van der Waals surface area contributed by atoms with Gasteiger partial charge in [-0.2, -0.15) is 0 Å². The largest absolute Gasteiger partial charge is 0.485 e. The summed E-state index contributed by atoms with van der Waals surface area (Å²) in [5, 5.41) is 6.94. The van der Waals surface area contributed by atoms with Gasteiger partial charge in [-0.15, -0.1) is 6.58 Å². The Hall–Kier alpha value is -3.47. The minimum Gasteiger partial charge on any atom is -0.485 e. The predicted molar refractivity (Wildman–Crippen MR) is 137 cm³/mol. The van der Waals surface area contributed by atoms with Gasteiger partial charge in [-0.25, -0.2) is 0 Å². The third-order valence-corrected chi connectivity index (χ3v) is 7.31. The van der Waals surface area contributed by atoms with Crippen LogP contribution in [0.5, 0.6) is 5.75 Å². The molecule has 5 nitrogen and oxygen atoms in total. The van der Waals surface area contributed by atoms with Crippen LogP contribution < -0.4 is 15.4 Å². The van der Waals surface area contributed by atoms with Crippen LogP contribution in [0, 0.1) is 12.8 Å². The van der Waals surface area contributed by atoms with Gasteiger partial charge in [0.2, 0.25) is 0 Å². The van der Waals surface area contributed by atoms with Crippen molar-refractivity contribution in [3.05, 3.63) is 94.7 Å². The van der Waals surface area contributed by atoms with E-state index >= 15 is 0 Å². The van der Waals surface area contributed by atoms with Gasteiger partial charge in [0.05, 0.1) is 5.92 Å². The molecule has 0 aromatic heterocycles. The molecule has 0 bridgehead atoms. The van der Waals surface area contributed by atoms with Crippen LogP contribution in [0.4, 0.5) is 5.69 Å². The maximum Gasteiger partial charge on any atom is 0.255 e. The maximum absolute atomic E-state index is 13.8. The van der Waals surface area contributed by atoms with E-state index in [1.54, 1.807) is 0 Å². The number of nitrogens with zero attached hydrogens (tertiary/aromatic N) is 1. The highest BCUT2D eigenvalue weighted by Gasteiger charge is 2.60. The number of nitrogens with one attached hydrogen (secondary N) is 2. The molecule has 5 heteroatoms. The molecular formula is C29H33N3O2. The molecule has 5 rings (SSSR count). The number of amides is 1. The summed E-state index contributed by atoms with van der Waals surface area (Å²) in [6.07, 6.45) is 6.10. The van der Waals surface area contributed by atoms with Crippen LogP contribution in [0.2, 0.25) is 0 Å². The van der Waals surface area contributed by atoms with Crippen LogP contribution in [-0.2, 0) is 5.54 Å². The Morgan fingerprint density at radius 2 is 1.85 bits per heavy atom. The minimum atomic E-state index is -0.675. The first-order valence-corrected chi connectivity index (χ1v) is 12.2. The number of hydrogen-bond acceptors (Lipinski definition) is 4. The number of ether oxygens (including phenoxy) is 1. The molecule has 2 aromatic carbocycles. The molecule has 2 N–H and O–H groups in total. The number of hydrogen-bond donors (Lipinski definition) is 2. The Labute approximate surface area is 202 Å². The summed E-state index contributed by atoms with van der Waals surface area (Å²) in [7, 11) is 0. The molecule has 0 saturated heterocycles. The van der Waals surface area contributed by atoms with Crippen molar-refractivity contribution >= 4 is 11.6 Å². The lowest BCUT2D eigenvalue weighted by atomic mass is 9.66. The molecule has 0 fully saturated rings. The van der Waals surface area contributed by atoms with Gasteiger partial charge in [0, 0.05) is 48.2 Å². The summed E-state index contributed by atoms with van der Waals surface area (Å²) in [5.41, 5.74) is 6.63. The molecule has 34 heavy (non-hydrogen) atoms. The molecule has 3 unspecified atom stereocenters. The monoisotopic (exact) mass is 455 g/mol. The van der Waals surface area contributed by atoms with Crippen LogP contribution in [-0.4, -0.2) is 36.5 Å². The van der Waals surface area contributed by atoms with E-state index in [9.17, 15) is 4.79 Å². The molecule has 176 valence electrons. The number of aryl methyl sites for hydroxylation is 1. The zero-order chi connectivity index (χ0) is 24.0. The van der Waals surface area contributed by atoms with E-state index in [1.807, 2.05) is 29.2 Å². The van der Waals surface area contributed by atoms with E-state index < -0.39 is 5.54 Å². The first kappa shape index (κ1) is 22.3. The van der Waals surface area contributed by atoms with Gasteiger partial charge in [-0.1, -0.05) is 30.4 Å². The lowest BCUT2D eigenvalue weighted by molar-refractivity contribution is 0.0271. The second-order valence-electron chi connectivity index (χ2n) is 9.28. The quantitative estimate of drug-likeness (QED) is 0.592. The van der Waals surface area contributed by atoms with Gasteiger partial charge in [-0.05, 0) is 62.6 Å².